The van der Waals surface area contributed by atoms with Crippen LogP contribution in [0.4, 0.5) is 5.69 Å². The first-order valence-corrected chi connectivity index (χ1v) is 6.33. The maximum Gasteiger partial charge on any atom is 0.259 e. The summed E-state index contributed by atoms with van der Waals surface area (Å²) in [6, 6.07) is 5.30. The van der Waals surface area contributed by atoms with E-state index in [-0.39, 0.29) is 11.7 Å². The lowest BCUT2D eigenvalue weighted by molar-refractivity contribution is 0.102. The van der Waals surface area contributed by atoms with Crippen LogP contribution in [0, 0.1) is 13.8 Å². The third-order valence-corrected chi connectivity index (χ3v) is 3.14. The molecule has 2 rings (SSSR count). The Hall–Kier alpha value is -2.83. The number of nitrogens with one attached hydrogen (secondary N) is 1. The van der Waals surface area contributed by atoms with E-state index in [4.69, 9.17) is 10.9 Å². The molecule has 0 unspecified atom stereocenters. The van der Waals surface area contributed by atoms with Gasteiger partial charge in [0.05, 0.1) is 16.9 Å². The Balaban J connectivity index is 2.38. The smallest absolute Gasteiger partial charge is 0.259 e. The van der Waals surface area contributed by atoms with Gasteiger partial charge in [0.25, 0.3) is 5.91 Å². The van der Waals surface area contributed by atoms with Gasteiger partial charge in [-0.05, 0) is 25.5 Å². The Morgan fingerprint density at radius 1 is 1.43 bits per heavy atom. The normalized spacial score (nSPS) is 11.5. The number of anilines is 1. The monoisotopic (exact) mass is 287 g/mol. The van der Waals surface area contributed by atoms with Crippen molar-refractivity contribution in [3.8, 4) is 0 Å². The number of aryl methyl sites for hydroxylation is 3. The van der Waals surface area contributed by atoms with Gasteiger partial charge in [-0.3, -0.25) is 9.48 Å². The van der Waals surface area contributed by atoms with E-state index in [1.165, 1.54) is 0 Å². The van der Waals surface area contributed by atoms with Crippen LogP contribution >= 0.6 is 0 Å². The molecule has 0 radical (unpaired) electrons. The van der Waals surface area contributed by atoms with Crippen molar-refractivity contribution in [2.45, 2.75) is 13.8 Å². The average Bonchev–Trinajstić information content (AvgIpc) is 2.77. The van der Waals surface area contributed by atoms with Gasteiger partial charge in [0.2, 0.25) is 0 Å². The summed E-state index contributed by atoms with van der Waals surface area (Å²) < 4.78 is 1.57. The SMILES string of the molecule is Cc1cccc(NC(=O)c2cn(C)nc2C)c1/C(N)=N/O. The van der Waals surface area contributed by atoms with Crippen LogP contribution in [0.2, 0.25) is 0 Å². The van der Waals surface area contributed by atoms with Crippen molar-refractivity contribution in [1.29, 1.82) is 0 Å². The number of benzene rings is 1. The van der Waals surface area contributed by atoms with Gasteiger partial charge >= 0.3 is 0 Å². The van der Waals surface area contributed by atoms with Crippen molar-refractivity contribution >= 4 is 17.4 Å². The van der Waals surface area contributed by atoms with Crippen LogP contribution in [-0.4, -0.2) is 26.7 Å². The summed E-state index contributed by atoms with van der Waals surface area (Å²) in [5.41, 5.74) is 8.56. The molecule has 0 bridgehead atoms. The van der Waals surface area contributed by atoms with Gasteiger partial charge in [0.1, 0.15) is 0 Å². The van der Waals surface area contributed by atoms with Gasteiger partial charge in [-0.1, -0.05) is 17.3 Å². The zero-order valence-electron chi connectivity index (χ0n) is 12.1. The van der Waals surface area contributed by atoms with Crippen LogP contribution in [0.3, 0.4) is 0 Å². The van der Waals surface area contributed by atoms with Crippen LogP contribution in [0.25, 0.3) is 0 Å². The molecule has 1 amide bonds. The summed E-state index contributed by atoms with van der Waals surface area (Å²) in [6.07, 6.45) is 1.64. The molecule has 2 aromatic rings. The fourth-order valence-electron chi connectivity index (χ4n) is 2.17. The molecule has 1 aromatic carbocycles. The largest absolute Gasteiger partial charge is 0.409 e. The molecule has 1 heterocycles. The molecule has 4 N–H and O–H groups in total. The third kappa shape index (κ3) is 2.86. The summed E-state index contributed by atoms with van der Waals surface area (Å²) in [4.78, 5) is 12.3. The maximum absolute atomic E-state index is 12.3. The highest BCUT2D eigenvalue weighted by atomic mass is 16.4. The van der Waals surface area contributed by atoms with E-state index in [0.29, 0.717) is 22.5 Å². The second kappa shape index (κ2) is 5.66. The van der Waals surface area contributed by atoms with E-state index in [0.717, 1.165) is 5.56 Å². The van der Waals surface area contributed by atoms with E-state index in [2.05, 4.69) is 15.6 Å². The fourth-order valence-corrected chi connectivity index (χ4v) is 2.17. The molecule has 0 aliphatic carbocycles. The molecular weight excluding hydrogens is 270 g/mol. The highest BCUT2D eigenvalue weighted by molar-refractivity contribution is 6.10. The number of amidine groups is 1. The predicted octanol–water partition coefficient (Wildman–Crippen LogP) is 1.38. The Bertz CT molecular complexity index is 718. The lowest BCUT2D eigenvalue weighted by Crippen LogP contribution is -2.20. The van der Waals surface area contributed by atoms with Gasteiger partial charge in [-0.15, -0.1) is 0 Å². The van der Waals surface area contributed by atoms with Gasteiger partial charge in [0.15, 0.2) is 5.84 Å². The number of amides is 1. The first kappa shape index (κ1) is 14.6. The average molecular weight is 287 g/mol. The van der Waals surface area contributed by atoms with Crippen LogP contribution in [-0.2, 0) is 7.05 Å². The lowest BCUT2D eigenvalue weighted by Gasteiger charge is -2.12. The summed E-state index contributed by atoms with van der Waals surface area (Å²) in [5, 5.41) is 18.8. The molecule has 1 aromatic heterocycles. The number of carbonyl (C=O) groups is 1. The first-order chi connectivity index (χ1) is 9.93. The van der Waals surface area contributed by atoms with E-state index in [9.17, 15) is 4.79 Å². The quantitative estimate of drug-likeness (QED) is 0.343. The molecule has 0 atom stereocenters. The van der Waals surface area contributed by atoms with Gasteiger partial charge in [0, 0.05) is 18.8 Å². The number of hydrogen-bond acceptors (Lipinski definition) is 4. The molecule has 0 aliphatic heterocycles. The van der Waals surface area contributed by atoms with Crippen LogP contribution in [0.5, 0.6) is 0 Å². The van der Waals surface area contributed by atoms with Crippen molar-refractivity contribution in [3.63, 3.8) is 0 Å². The number of oxime groups is 1. The highest BCUT2D eigenvalue weighted by Crippen LogP contribution is 2.20. The van der Waals surface area contributed by atoms with E-state index >= 15 is 0 Å². The molecule has 0 fully saturated rings. The molecule has 21 heavy (non-hydrogen) atoms. The first-order valence-electron chi connectivity index (χ1n) is 6.33. The topological polar surface area (TPSA) is 106 Å². The summed E-state index contributed by atoms with van der Waals surface area (Å²) >= 11 is 0. The third-order valence-electron chi connectivity index (χ3n) is 3.14. The Morgan fingerprint density at radius 2 is 2.14 bits per heavy atom. The second-order valence-corrected chi connectivity index (χ2v) is 4.74. The highest BCUT2D eigenvalue weighted by Gasteiger charge is 2.16. The summed E-state index contributed by atoms with van der Waals surface area (Å²) in [5.74, 6) is -0.343. The van der Waals surface area contributed by atoms with Gasteiger partial charge < -0.3 is 16.3 Å². The minimum Gasteiger partial charge on any atom is -0.409 e. The summed E-state index contributed by atoms with van der Waals surface area (Å²) in [6.45, 7) is 3.58. The molecule has 0 aliphatic rings. The minimum atomic E-state index is -0.293. The number of hydrogen-bond donors (Lipinski definition) is 3. The van der Waals surface area contributed by atoms with E-state index in [1.54, 1.807) is 37.0 Å². The second-order valence-electron chi connectivity index (χ2n) is 4.74. The molecule has 7 heteroatoms. The van der Waals surface area contributed by atoms with Crippen molar-refractivity contribution in [3.05, 3.63) is 46.8 Å². The zero-order valence-corrected chi connectivity index (χ0v) is 12.1. The molecule has 110 valence electrons. The van der Waals surface area contributed by atoms with Crippen LogP contribution in [0.15, 0.2) is 29.6 Å². The van der Waals surface area contributed by atoms with Crippen molar-refractivity contribution < 1.29 is 10.0 Å². The molecule has 0 saturated heterocycles. The summed E-state index contributed by atoms with van der Waals surface area (Å²) in [7, 11) is 1.75. The van der Waals surface area contributed by atoms with Crippen molar-refractivity contribution in [1.82, 2.24) is 9.78 Å². The van der Waals surface area contributed by atoms with E-state index < -0.39 is 0 Å². The Labute approximate surface area is 122 Å². The van der Waals surface area contributed by atoms with Crippen molar-refractivity contribution in [2.75, 3.05) is 5.32 Å². The molecule has 0 saturated carbocycles. The van der Waals surface area contributed by atoms with Gasteiger partial charge in [-0.2, -0.15) is 5.10 Å². The standard InChI is InChI=1S/C14H17N5O2/c1-8-5-4-6-11(12(8)13(15)18-21)16-14(20)10-7-19(3)17-9(10)2/h4-7,21H,1-3H3,(H2,15,18)(H,16,20). The fraction of sp³-hybridized carbons (Fsp3) is 0.214. The number of rotatable bonds is 3. The van der Waals surface area contributed by atoms with Crippen LogP contribution in [0.1, 0.15) is 27.2 Å². The van der Waals surface area contributed by atoms with Gasteiger partial charge in [-0.25, -0.2) is 0 Å². The number of nitrogens with two attached hydrogens (primary N) is 1. The predicted molar refractivity (Wildman–Crippen MR) is 79.6 cm³/mol. The number of carbonyl (C=O) groups excluding carboxylic acids is 1. The lowest BCUT2D eigenvalue weighted by atomic mass is 10.1. The maximum atomic E-state index is 12.3. The van der Waals surface area contributed by atoms with Crippen LogP contribution < -0.4 is 11.1 Å². The minimum absolute atomic E-state index is 0.0497. The molecule has 0 spiro atoms. The van der Waals surface area contributed by atoms with Crippen molar-refractivity contribution in [2.24, 2.45) is 17.9 Å². The number of nitrogens with zero attached hydrogens (tertiary/aromatic N) is 3. The Kier molecular flexibility index (Phi) is 3.93. The Morgan fingerprint density at radius 3 is 2.71 bits per heavy atom. The molecular formula is C14H17N5O2. The molecule has 7 nitrogen and oxygen atoms in total. The zero-order chi connectivity index (χ0) is 15.6. The number of aromatic nitrogens is 2. The van der Waals surface area contributed by atoms with E-state index in [1.807, 2.05) is 13.0 Å².